The van der Waals surface area contributed by atoms with Crippen LogP contribution in [0.1, 0.15) is 48.2 Å². The molecule has 1 saturated carbocycles. The van der Waals surface area contributed by atoms with Gasteiger partial charge in [0.05, 0.1) is 16.8 Å². The van der Waals surface area contributed by atoms with Gasteiger partial charge in [-0.15, -0.1) is 0 Å². The number of halogens is 1. The number of aryl methyl sites for hydroxylation is 1. The van der Waals surface area contributed by atoms with Crippen molar-refractivity contribution >= 4 is 16.8 Å². The summed E-state index contributed by atoms with van der Waals surface area (Å²) in [5.74, 6) is -0.193. The van der Waals surface area contributed by atoms with Crippen LogP contribution in [-0.2, 0) is 0 Å². The molecule has 3 aromatic rings. The van der Waals surface area contributed by atoms with Crippen molar-refractivity contribution in [1.29, 1.82) is 0 Å². The van der Waals surface area contributed by atoms with Crippen molar-refractivity contribution in [3.8, 4) is 5.95 Å². The van der Waals surface area contributed by atoms with Crippen LogP contribution in [0.4, 0.5) is 4.39 Å². The third-order valence-electron chi connectivity index (χ3n) is 4.86. The third kappa shape index (κ3) is 3.16. The lowest BCUT2D eigenvalue weighted by atomic mass is 9.95. The Morgan fingerprint density at radius 2 is 1.92 bits per heavy atom. The minimum absolute atomic E-state index is 0.156. The van der Waals surface area contributed by atoms with E-state index in [0.717, 1.165) is 36.8 Å². The Labute approximate surface area is 150 Å². The zero-order valence-electron chi connectivity index (χ0n) is 14.6. The average molecular weight is 353 g/mol. The van der Waals surface area contributed by atoms with Gasteiger partial charge in [-0.1, -0.05) is 19.3 Å². The number of nitrogens with one attached hydrogen (secondary N) is 1. The second kappa shape index (κ2) is 6.82. The minimum Gasteiger partial charge on any atom is -0.349 e. The van der Waals surface area contributed by atoms with Crippen molar-refractivity contribution in [3.05, 3.63) is 47.7 Å². The number of benzene rings is 1. The van der Waals surface area contributed by atoms with Crippen molar-refractivity contribution in [2.75, 3.05) is 0 Å². The van der Waals surface area contributed by atoms with Gasteiger partial charge in [0.15, 0.2) is 0 Å². The van der Waals surface area contributed by atoms with E-state index in [-0.39, 0.29) is 17.8 Å². The van der Waals surface area contributed by atoms with Gasteiger partial charge in [-0.05, 0) is 31.9 Å². The van der Waals surface area contributed by atoms with Crippen molar-refractivity contribution in [3.63, 3.8) is 0 Å². The van der Waals surface area contributed by atoms with E-state index >= 15 is 0 Å². The molecule has 0 radical (unpaired) electrons. The number of nitrogens with zero attached hydrogens (tertiary/aromatic N) is 4. The Bertz CT molecular complexity index is 944. The maximum absolute atomic E-state index is 13.6. The molecule has 7 heteroatoms. The van der Waals surface area contributed by atoms with Crippen LogP contribution in [0.2, 0.25) is 0 Å². The largest absolute Gasteiger partial charge is 0.349 e. The van der Waals surface area contributed by atoms with Crippen LogP contribution >= 0.6 is 0 Å². The van der Waals surface area contributed by atoms with Crippen LogP contribution in [-0.4, -0.2) is 31.7 Å². The highest BCUT2D eigenvalue weighted by molar-refractivity contribution is 5.93. The smallest absolute Gasteiger partial charge is 0.254 e. The number of aromatic nitrogens is 4. The van der Waals surface area contributed by atoms with Crippen molar-refractivity contribution in [2.45, 2.75) is 45.1 Å². The molecule has 0 atom stereocenters. The molecule has 2 heterocycles. The molecule has 1 amide bonds. The molecule has 1 aliphatic rings. The first-order chi connectivity index (χ1) is 12.6. The van der Waals surface area contributed by atoms with Crippen LogP contribution in [0.25, 0.3) is 16.9 Å². The quantitative estimate of drug-likeness (QED) is 0.784. The first kappa shape index (κ1) is 16.6. The van der Waals surface area contributed by atoms with Gasteiger partial charge in [0.1, 0.15) is 5.82 Å². The van der Waals surface area contributed by atoms with E-state index in [1.807, 2.05) is 6.92 Å². The van der Waals surface area contributed by atoms with Gasteiger partial charge in [0.25, 0.3) is 11.9 Å². The van der Waals surface area contributed by atoms with E-state index in [9.17, 15) is 9.18 Å². The van der Waals surface area contributed by atoms with Gasteiger partial charge in [-0.3, -0.25) is 4.79 Å². The molecular weight excluding hydrogens is 333 g/mol. The second-order valence-corrected chi connectivity index (χ2v) is 6.74. The van der Waals surface area contributed by atoms with Crippen molar-refractivity contribution < 1.29 is 9.18 Å². The Balaban J connectivity index is 1.58. The predicted molar refractivity (Wildman–Crippen MR) is 95.7 cm³/mol. The van der Waals surface area contributed by atoms with E-state index in [0.29, 0.717) is 17.0 Å². The number of carbonyl (C=O) groups is 1. The normalized spacial score (nSPS) is 15.3. The topological polar surface area (TPSA) is 72.7 Å². The molecule has 0 spiro atoms. The summed E-state index contributed by atoms with van der Waals surface area (Å²) >= 11 is 0. The van der Waals surface area contributed by atoms with E-state index in [4.69, 9.17) is 0 Å². The third-order valence-corrected chi connectivity index (χ3v) is 4.86. The summed E-state index contributed by atoms with van der Waals surface area (Å²) in [5.41, 5.74) is 1.78. The van der Waals surface area contributed by atoms with E-state index in [1.165, 1.54) is 35.6 Å². The highest BCUT2D eigenvalue weighted by Crippen LogP contribution is 2.21. The summed E-state index contributed by atoms with van der Waals surface area (Å²) in [5, 5.41) is 8.28. The number of amides is 1. The molecule has 1 N–H and O–H groups in total. The molecule has 2 aromatic heterocycles. The average Bonchev–Trinajstić information content (AvgIpc) is 2.98. The van der Waals surface area contributed by atoms with Crippen LogP contribution in [0.5, 0.6) is 0 Å². The summed E-state index contributed by atoms with van der Waals surface area (Å²) < 4.78 is 15.1. The highest BCUT2D eigenvalue weighted by Gasteiger charge is 2.18. The zero-order chi connectivity index (χ0) is 18.1. The number of hydrogen-bond donors (Lipinski definition) is 1. The molecule has 6 nitrogen and oxygen atoms in total. The number of fused-ring (bicyclic) bond motifs is 1. The first-order valence-corrected chi connectivity index (χ1v) is 8.90. The molecule has 4 rings (SSSR count). The molecule has 0 bridgehead atoms. The molecule has 26 heavy (non-hydrogen) atoms. The Morgan fingerprint density at radius 1 is 1.19 bits per heavy atom. The molecule has 1 aromatic carbocycles. The summed E-state index contributed by atoms with van der Waals surface area (Å²) in [6.07, 6.45) is 8.57. The molecular formula is C19H20FN5O. The lowest BCUT2D eigenvalue weighted by molar-refractivity contribution is 0.0927. The summed E-state index contributed by atoms with van der Waals surface area (Å²) in [6, 6.07) is 4.73. The summed E-state index contributed by atoms with van der Waals surface area (Å²) in [6.45, 7) is 1.85. The summed E-state index contributed by atoms with van der Waals surface area (Å²) in [4.78, 5) is 20.9. The first-order valence-electron chi connectivity index (χ1n) is 8.90. The van der Waals surface area contributed by atoms with Gasteiger partial charge < -0.3 is 5.32 Å². The fourth-order valence-corrected chi connectivity index (χ4v) is 3.46. The van der Waals surface area contributed by atoms with Gasteiger partial charge in [0.2, 0.25) is 0 Å². The number of carbonyl (C=O) groups excluding carboxylic acids is 1. The van der Waals surface area contributed by atoms with Crippen LogP contribution in [0.3, 0.4) is 0 Å². The molecule has 1 aliphatic carbocycles. The molecule has 0 aliphatic heterocycles. The summed E-state index contributed by atoms with van der Waals surface area (Å²) in [7, 11) is 0. The SMILES string of the molecule is Cc1nn(-c2ncc(C(=O)NC3CCCCC3)cn2)c2cc(F)ccc12. The second-order valence-electron chi connectivity index (χ2n) is 6.74. The molecule has 0 saturated heterocycles. The Kier molecular flexibility index (Phi) is 4.36. The molecule has 0 unspecified atom stereocenters. The lowest BCUT2D eigenvalue weighted by Gasteiger charge is -2.22. The predicted octanol–water partition coefficient (Wildman–Crippen LogP) is 3.33. The van der Waals surface area contributed by atoms with Crippen LogP contribution in [0, 0.1) is 12.7 Å². The lowest BCUT2D eigenvalue weighted by Crippen LogP contribution is -2.36. The van der Waals surface area contributed by atoms with Crippen molar-refractivity contribution in [1.82, 2.24) is 25.1 Å². The molecule has 134 valence electrons. The Hall–Kier alpha value is -2.83. The van der Waals surface area contributed by atoms with Gasteiger partial charge in [-0.2, -0.15) is 9.78 Å². The molecule has 1 fully saturated rings. The zero-order valence-corrected chi connectivity index (χ0v) is 14.6. The van der Waals surface area contributed by atoms with E-state index in [1.54, 1.807) is 6.07 Å². The maximum Gasteiger partial charge on any atom is 0.254 e. The fraction of sp³-hybridized carbons (Fsp3) is 0.368. The van der Waals surface area contributed by atoms with Gasteiger partial charge >= 0.3 is 0 Å². The highest BCUT2D eigenvalue weighted by atomic mass is 19.1. The van der Waals surface area contributed by atoms with E-state index < -0.39 is 0 Å². The Morgan fingerprint density at radius 3 is 2.65 bits per heavy atom. The number of rotatable bonds is 3. The number of hydrogen-bond acceptors (Lipinski definition) is 4. The maximum atomic E-state index is 13.6. The van der Waals surface area contributed by atoms with Crippen LogP contribution in [0.15, 0.2) is 30.6 Å². The van der Waals surface area contributed by atoms with E-state index in [2.05, 4.69) is 20.4 Å². The van der Waals surface area contributed by atoms with Crippen LogP contribution < -0.4 is 5.32 Å². The van der Waals surface area contributed by atoms with Gasteiger partial charge in [-0.25, -0.2) is 14.4 Å². The van der Waals surface area contributed by atoms with Crippen molar-refractivity contribution in [2.24, 2.45) is 0 Å². The minimum atomic E-state index is -0.345. The standard InChI is InChI=1S/C19H20FN5O/c1-12-16-8-7-14(20)9-17(16)25(24-12)19-21-10-13(11-22-19)18(26)23-15-5-3-2-4-6-15/h7-11,15H,2-6H2,1H3,(H,23,26). The monoisotopic (exact) mass is 353 g/mol. The fourth-order valence-electron chi connectivity index (χ4n) is 3.46. The van der Waals surface area contributed by atoms with Gasteiger partial charge in [0, 0.05) is 29.9 Å².